The predicted molar refractivity (Wildman–Crippen MR) is 48.2 cm³/mol. The fourth-order valence-corrected chi connectivity index (χ4v) is 1.42. The summed E-state index contributed by atoms with van der Waals surface area (Å²) in [7, 11) is 2.17. The quantitative estimate of drug-likeness (QED) is 0.463. The highest BCUT2D eigenvalue weighted by Crippen LogP contribution is 2.06. The van der Waals surface area contributed by atoms with E-state index < -0.39 is 0 Å². The molecule has 0 aromatic heterocycles. The molecule has 1 saturated heterocycles. The van der Waals surface area contributed by atoms with Gasteiger partial charge in [-0.05, 0) is 0 Å². The second-order valence-corrected chi connectivity index (χ2v) is 3.74. The van der Waals surface area contributed by atoms with E-state index in [1.807, 2.05) is 0 Å². The van der Waals surface area contributed by atoms with Gasteiger partial charge in [-0.3, -0.25) is 4.79 Å². The van der Waals surface area contributed by atoms with Crippen LogP contribution < -0.4 is 0 Å². The van der Waals surface area contributed by atoms with Crippen LogP contribution in [0.25, 0.3) is 0 Å². The number of ether oxygens (including phenoxy) is 2. The Bertz CT molecular complexity index is 176. The molecule has 0 N–H and O–H groups in total. The molecule has 0 aliphatic carbocycles. The van der Waals surface area contributed by atoms with Gasteiger partial charge in [0.15, 0.2) is 0 Å². The number of rotatable bonds is 3. The van der Waals surface area contributed by atoms with Crippen LogP contribution in [0.15, 0.2) is 0 Å². The van der Waals surface area contributed by atoms with Crippen LogP contribution >= 0.6 is 0 Å². The molecule has 0 bridgehead atoms. The monoisotopic (exact) mass is 188 g/mol. The molecule has 1 fully saturated rings. The summed E-state index contributed by atoms with van der Waals surface area (Å²) in [5.74, 6) is -0.195. The molecule has 4 heteroatoms. The lowest BCUT2D eigenvalue weighted by Crippen LogP contribution is -2.53. The first kappa shape index (κ1) is 10.5. The van der Waals surface area contributed by atoms with Crippen molar-refractivity contribution in [2.75, 3.05) is 46.5 Å². The van der Waals surface area contributed by atoms with Crippen molar-refractivity contribution in [3.05, 3.63) is 0 Å². The number of carbonyl (C=O) groups excluding carboxylic acids is 1. The number of hydrogen-bond donors (Lipinski definition) is 0. The lowest BCUT2D eigenvalue weighted by molar-refractivity contribution is -0.917. The van der Waals surface area contributed by atoms with Crippen molar-refractivity contribution >= 4 is 5.97 Å². The Labute approximate surface area is 79.0 Å². The molecular formula is C9H18NO3+. The molecule has 1 aliphatic heterocycles. The van der Waals surface area contributed by atoms with Gasteiger partial charge in [-0.1, -0.05) is 0 Å². The van der Waals surface area contributed by atoms with E-state index >= 15 is 0 Å². The molecule has 0 spiro atoms. The van der Waals surface area contributed by atoms with Gasteiger partial charge in [-0.15, -0.1) is 0 Å². The first-order chi connectivity index (χ1) is 6.12. The minimum absolute atomic E-state index is 0.195. The lowest BCUT2D eigenvalue weighted by atomic mass is 10.3. The summed E-state index contributed by atoms with van der Waals surface area (Å²) in [4.78, 5) is 10.5. The maximum Gasteiger partial charge on any atom is 0.302 e. The second kappa shape index (κ2) is 4.58. The van der Waals surface area contributed by atoms with E-state index in [-0.39, 0.29) is 5.97 Å². The fraction of sp³-hybridized carbons (Fsp3) is 0.889. The summed E-state index contributed by atoms with van der Waals surface area (Å²) >= 11 is 0. The van der Waals surface area contributed by atoms with Crippen LogP contribution in [0.1, 0.15) is 6.92 Å². The van der Waals surface area contributed by atoms with E-state index in [0.717, 1.165) is 37.3 Å². The molecule has 76 valence electrons. The molecule has 1 rings (SSSR count). The number of likely N-dealkylation sites (N-methyl/N-ethyl adjacent to an activating group) is 1. The highest BCUT2D eigenvalue weighted by Gasteiger charge is 2.24. The van der Waals surface area contributed by atoms with Gasteiger partial charge in [-0.25, -0.2) is 0 Å². The SMILES string of the molecule is CC(=O)OCC[N+]1(C)CCOCC1. The predicted octanol–water partition coefficient (Wildman–Crippen LogP) is 0.0263. The van der Waals surface area contributed by atoms with Crippen molar-refractivity contribution in [1.29, 1.82) is 0 Å². The first-order valence-corrected chi connectivity index (χ1v) is 4.67. The number of hydrogen-bond acceptors (Lipinski definition) is 3. The Hall–Kier alpha value is -0.610. The minimum Gasteiger partial charge on any atom is -0.460 e. The highest BCUT2D eigenvalue weighted by atomic mass is 16.5. The molecule has 0 unspecified atom stereocenters. The number of carbonyl (C=O) groups is 1. The first-order valence-electron chi connectivity index (χ1n) is 4.67. The fourth-order valence-electron chi connectivity index (χ4n) is 1.42. The van der Waals surface area contributed by atoms with E-state index in [4.69, 9.17) is 9.47 Å². The third-order valence-electron chi connectivity index (χ3n) is 2.49. The summed E-state index contributed by atoms with van der Waals surface area (Å²) in [5.41, 5.74) is 0. The highest BCUT2D eigenvalue weighted by molar-refractivity contribution is 5.65. The summed E-state index contributed by atoms with van der Waals surface area (Å²) in [6, 6.07) is 0. The van der Waals surface area contributed by atoms with Crippen molar-refractivity contribution in [2.45, 2.75) is 6.92 Å². The molecule has 4 nitrogen and oxygen atoms in total. The molecule has 0 atom stereocenters. The zero-order valence-corrected chi connectivity index (χ0v) is 8.41. The second-order valence-electron chi connectivity index (χ2n) is 3.74. The van der Waals surface area contributed by atoms with E-state index in [0.29, 0.717) is 6.61 Å². The van der Waals surface area contributed by atoms with Crippen LogP contribution in [-0.4, -0.2) is 57.0 Å². The average Bonchev–Trinajstić information content (AvgIpc) is 2.04. The van der Waals surface area contributed by atoms with Gasteiger partial charge >= 0.3 is 5.97 Å². The molecule has 0 saturated carbocycles. The molecule has 0 amide bonds. The van der Waals surface area contributed by atoms with Gasteiger partial charge in [0.05, 0.1) is 20.3 Å². The van der Waals surface area contributed by atoms with Crippen molar-refractivity contribution < 1.29 is 18.8 Å². The molecule has 0 radical (unpaired) electrons. The van der Waals surface area contributed by atoms with E-state index in [1.54, 1.807) is 0 Å². The summed E-state index contributed by atoms with van der Waals surface area (Å²) in [5, 5.41) is 0. The van der Waals surface area contributed by atoms with Gasteiger partial charge in [0, 0.05) is 6.92 Å². The Morgan fingerprint density at radius 2 is 2.08 bits per heavy atom. The third-order valence-corrected chi connectivity index (χ3v) is 2.49. The topological polar surface area (TPSA) is 35.5 Å². The Morgan fingerprint density at radius 1 is 1.46 bits per heavy atom. The molecule has 0 aromatic carbocycles. The van der Waals surface area contributed by atoms with E-state index in [9.17, 15) is 4.79 Å². The molecule has 1 aliphatic rings. The Kier molecular flexibility index (Phi) is 3.69. The Morgan fingerprint density at radius 3 is 2.62 bits per heavy atom. The maximum atomic E-state index is 10.5. The number of quaternary nitrogens is 1. The molecular weight excluding hydrogens is 170 g/mol. The number of nitrogens with zero attached hydrogens (tertiary/aromatic N) is 1. The number of morpholine rings is 1. The largest absolute Gasteiger partial charge is 0.460 e. The zero-order chi connectivity index (χ0) is 9.73. The van der Waals surface area contributed by atoms with Crippen molar-refractivity contribution in [1.82, 2.24) is 0 Å². The molecule has 13 heavy (non-hydrogen) atoms. The molecule has 1 heterocycles. The zero-order valence-electron chi connectivity index (χ0n) is 8.41. The van der Waals surface area contributed by atoms with Crippen LogP contribution in [0, 0.1) is 0 Å². The smallest absolute Gasteiger partial charge is 0.302 e. The lowest BCUT2D eigenvalue weighted by Gasteiger charge is -2.37. The van der Waals surface area contributed by atoms with Gasteiger partial charge in [0.2, 0.25) is 0 Å². The summed E-state index contributed by atoms with van der Waals surface area (Å²) in [6.07, 6.45) is 0. The van der Waals surface area contributed by atoms with Crippen molar-refractivity contribution in [2.24, 2.45) is 0 Å². The van der Waals surface area contributed by atoms with Crippen LogP contribution in [0.4, 0.5) is 0 Å². The minimum atomic E-state index is -0.195. The van der Waals surface area contributed by atoms with Crippen molar-refractivity contribution in [3.63, 3.8) is 0 Å². The standard InChI is InChI=1S/C9H18NO3/c1-9(11)13-8-5-10(2)3-6-12-7-4-10/h3-8H2,1-2H3/q+1. The van der Waals surface area contributed by atoms with Crippen LogP contribution in [0.5, 0.6) is 0 Å². The van der Waals surface area contributed by atoms with Gasteiger partial charge in [-0.2, -0.15) is 0 Å². The van der Waals surface area contributed by atoms with Crippen molar-refractivity contribution in [3.8, 4) is 0 Å². The summed E-state index contributed by atoms with van der Waals surface area (Å²) in [6.45, 7) is 6.52. The normalized spacial score (nSPS) is 21.1. The average molecular weight is 188 g/mol. The number of esters is 1. The molecule has 0 aromatic rings. The van der Waals surface area contributed by atoms with Gasteiger partial charge in [0.1, 0.15) is 26.2 Å². The van der Waals surface area contributed by atoms with Gasteiger partial charge < -0.3 is 14.0 Å². The maximum absolute atomic E-state index is 10.5. The summed E-state index contributed by atoms with van der Waals surface area (Å²) < 4.78 is 11.1. The van der Waals surface area contributed by atoms with E-state index in [1.165, 1.54) is 6.92 Å². The van der Waals surface area contributed by atoms with Crippen LogP contribution in [0.2, 0.25) is 0 Å². The van der Waals surface area contributed by atoms with Crippen LogP contribution in [0.3, 0.4) is 0 Å². The van der Waals surface area contributed by atoms with Crippen LogP contribution in [-0.2, 0) is 14.3 Å². The van der Waals surface area contributed by atoms with Gasteiger partial charge in [0.25, 0.3) is 0 Å². The van der Waals surface area contributed by atoms with E-state index in [2.05, 4.69) is 7.05 Å². The third kappa shape index (κ3) is 3.74. The Balaban J connectivity index is 2.21.